The van der Waals surface area contributed by atoms with E-state index in [1.807, 2.05) is 32.6 Å². The molecule has 100 valence electrons. The fourth-order valence-electron chi connectivity index (χ4n) is 2.15. The van der Waals surface area contributed by atoms with Crippen molar-refractivity contribution in [3.63, 3.8) is 0 Å². The summed E-state index contributed by atoms with van der Waals surface area (Å²) in [5.41, 5.74) is 5.35. The quantitative estimate of drug-likeness (QED) is 0.827. The van der Waals surface area contributed by atoms with Crippen LogP contribution >= 0.6 is 0 Å². The Bertz CT molecular complexity index is 259. The van der Waals surface area contributed by atoms with E-state index in [9.17, 15) is 4.79 Å². The number of nitrogens with two attached hydrogens (primary N) is 1. The molecule has 4 heteroatoms. The molecule has 1 unspecified atom stereocenters. The number of hydrogen-bond donors (Lipinski definition) is 1. The number of amides is 1. The van der Waals surface area contributed by atoms with Gasteiger partial charge in [0.25, 0.3) is 0 Å². The molecule has 0 aliphatic carbocycles. The van der Waals surface area contributed by atoms with E-state index >= 15 is 0 Å². The molecular weight excluding hydrogens is 216 g/mol. The zero-order valence-electron chi connectivity index (χ0n) is 11.5. The normalized spacial score (nSPS) is 22.6. The maximum absolute atomic E-state index is 12.0. The molecule has 0 bridgehead atoms. The van der Waals surface area contributed by atoms with Gasteiger partial charge in [0.1, 0.15) is 5.60 Å². The second-order valence-corrected chi connectivity index (χ2v) is 6.02. The van der Waals surface area contributed by atoms with Crippen LogP contribution in [0.4, 0.5) is 4.79 Å². The summed E-state index contributed by atoms with van der Waals surface area (Å²) in [6, 6.07) is 0.520. The van der Waals surface area contributed by atoms with Crippen LogP contribution < -0.4 is 5.73 Å². The first-order valence-corrected chi connectivity index (χ1v) is 6.55. The van der Waals surface area contributed by atoms with E-state index in [1.165, 1.54) is 0 Å². The van der Waals surface area contributed by atoms with Gasteiger partial charge < -0.3 is 15.4 Å². The molecule has 0 aromatic rings. The van der Waals surface area contributed by atoms with Crippen LogP contribution in [0.3, 0.4) is 0 Å². The molecular formula is C13H26N2O2. The zero-order valence-corrected chi connectivity index (χ0v) is 11.5. The summed E-state index contributed by atoms with van der Waals surface area (Å²) in [4.78, 5) is 13.9. The number of carbonyl (C=O) groups excluding carboxylic acids is 1. The maximum atomic E-state index is 12.0. The molecule has 2 atom stereocenters. The van der Waals surface area contributed by atoms with E-state index < -0.39 is 5.60 Å². The highest BCUT2D eigenvalue weighted by molar-refractivity contribution is 5.68. The monoisotopic (exact) mass is 242 g/mol. The second kappa shape index (κ2) is 5.71. The Morgan fingerprint density at radius 3 is 2.71 bits per heavy atom. The Balaban J connectivity index is 2.48. The van der Waals surface area contributed by atoms with Crippen LogP contribution in [0.5, 0.6) is 0 Å². The van der Waals surface area contributed by atoms with Crippen molar-refractivity contribution in [1.29, 1.82) is 0 Å². The fourth-order valence-corrected chi connectivity index (χ4v) is 2.15. The topological polar surface area (TPSA) is 55.6 Å². The van der Waals surface area contributed by atoms with Crippen molar-refractivity contribution in [1.82, 2.24) is 4.90 Å². The maximum Gasteiger partial charge on any atom is 0.410 e. The van der Waals surface area contributed by atoms with Gasteiger partial charge in [0.2, 0.25) is 0 Å². The highest BCUT2D eigenvalue weighted by Gasteiger charge is 2.31. The Kier molecular flexibility index (Phi) is 4.80. The summed E-state index contributed by atoms with van der Waals surface area (Å²) in [6.07, 6.45) is 3.92. The summed E-state index contributed by atoms with van der Waals surface area (Å²) in [6.45, 7) is 8.53. The molecule has 4 nitrogen and oxygen atoms in total. The minimum Gasteiger partial charge on any atom is -0.444 e. The first kappa shape index (κ1) is 14.3. The number of ether oxygens (including phenoxy) is 1. The molecule has 1 saturated heterocycles. The molecule has 17 heavy (non-hydrogen) atoms. The highest BCUT2D eigenvalue weighted by Crippen LogP contribution is 2.24. The third kappa shape index (κ3) is 4.94. The van der Waals surface area contributed by atoms with Gasteiger partial charge >= 0.3 is 6.09 Å². The van der Waals surface area contributed by atoms with Crippen molar-refractivity contribution in [2.24, 2.45) is 5.73 Å². The van der Waals surface area contributed by atoms with Crippen LogP contribution in [0.2, 0.25) is 0 Å². The predicted molar refractivity (Wildman–Crippen MR) is 68.8 cm³/mol. The lowest BCUT2D eigenvalue weighted by Crippen LogP contribution is -2.40. The van der Waals surface area contributed by atoms with Gasteiger partial charge in [0.15, 0.2) is 0 Å². The largest absolute Gasteiger partial charge is 0.444 e. The number of nitrogens with zero attached hydrogens (tertiary/aromatic N) is 1. The molecule has 1 rings (SSSR count). The lowest BCUT2D eigenvalue weighted by molar-refractivity contribution is 0.0218. The lowest BCUT2D eigenvalue weighted by Gasteiger charge is -2.28. The van der Waals surface area contributed by atoms with Crippen molar-refractivity contribution >= 4 is 6.09 Å². The van der Waals surface area contributed by atoms with Gasteiger partial charge in [0, 0.05) is 18.6 Å². The van der Waals surface area contributed by atoms with E-state index in [2.05, 4.69) is 0 Å². The van der Waals surface area contributed by atoms with E-state index in [0.717, 1.165) is 32.2 Å². The zero-order chi connectivity index (χ0) is 13.1. The second-order valence-electron chi connectivity index (χ2n) is 6.02. The number of carbonyl (C=O) groups is 1. The molecule has 1 aliphatic heterocycles. The van der Waals surface area contributed by atoms with Crippen LogP contribution in [0, 0.1) is 0 Å². The average Bonchev–Trinajstić information content (AvgIpc) is 2.59. The van der Waals surface area contributed by atoms with Crippen molar-refractivity contribution < 1.29 is 9.53 Å². The van der Waals surface area contributed by atoms with Gasteiger partial charge in [0.05, 0.1) is 0 Å². The summed E-state index contributed by atoms with van der Waals surface area (Å²) in [7, 11) is 0. The minimum atomic E-state index is -0.411. The van der Waals surface area contributed by atoms with Crippen molar-refractivity contribution in [2.75, 3.05) is 6.54 Å². The molecule has 1 heterocycles. The van der Waals surface area contributed by atoms with Crippen molar-refractivity contribution in [3.05, 3.63) is 0 Å². The van der Waals surface area contributed by atoms with Crippen LogP contribution in [0.25, 0.3) is 0 Å². The Hall–Kier alpha value is -0.770. The average molecular weight is 242 g/mol. The van der Waals surface area contributed by atoms with Crippen LogP contribution in [0.15, 0.2) is 0 Å². The van der Waals surface area contributed by atoms with Gasteiger partial charge in [-0.25, -0.2) is 4.79 Å². The first-order valence-electron chi connectivity index (χ1n) is 6.55. The molecule has 2 N–H and O–H groups in total. The molecule has 0 aromatic carbocycles. The molecule has 0 aromatic heterocycles. The summed E-state index contributed by atoms with van der Waals surface area (Å²) in [5, 5.41) is 0. The van der Waals surface area contributed by atoms with Crippen molar-refractivity contribution in [3.8, 4) is 0 Å². The summed E-state index contributed by atoms with van der Waals surface area (Å²) < 4.78 is 5.41. The van der Waals surface area contributed by atoms with Crippen LogP contribution in [-0.2, 0) is 4.74 Å². The van der Waals surface area contributed by atoms with E-state index in [-0.39, 0.29) is 12.1 Å². The highest BCUT2D eigenvalue weighted by atomic mass is 16.6. The van der Waals surface area contributed by atoms with Crippen LogP contribution in [0.1, 0.15) is 53.4 Å². The van der Waals surface area contributed by atoms with Gasteiger partial charge in [-0.2, -0.15) is 0 Å². The van der Waals surface area contributed by atoms with Gasteiger partial charge in [-0.15, -0.1) is 0 Å². The molecule has 1 fully saturated rings. The van der Waals surface area contributed by atoms with Gasteiger partial charge in [-0.05, 0) is 53.4 Å². The Morgan fingerprint density at radius 2 is 2.18 bits per heavy atom. The summed E-state index contributed by atoms with van der Waals surface area (Å²) >= 11 is 0. The SMILES string of the molecule is C[C@@H](N)CCC1CCCN1C(=O)OC(C)(C)C. The smallest absolute Gasteiger partial charge is 0.410 e. The number of rotatable bonds is 3. The standard InChI is InChI=1S/C13H26N2O2/c1-10(14)7-8-11-6-5-9-15(11)12(16)17-13(2,3)4/h10-11H,5-9,14H2,1-4H3/t10-,11?/m1/s1. The van der Waals surface area contributed by atoms with Crippen molar-refractivity contribution in [2.45, 2.75) is 71.1 Å². The van der Waals surface area contributed by atoms with E-state index in [0.29, 0.717) is 6.04 Å². The molecule has 1 aliphatic rings. The third-order valence-electron chi connectivity index (χ3n) is 2.96. The van der Waals surface area contributed by atoms with E-state index in [4.69, 9.17) is 10.5 Å². The molecule has 1 amide bonds. The molecule has 0 saturated carbocycles. The summed E-state index contributed by atoms with van der Waals surface area (Å²) in [5.74, 6) is 0. The van der Waals surface area contributed by atoms with Gasteiger partial charge in [-0.3, -0.25) is 0 Å². The predicted octanol–water partition coefficient (Wildman–Crippen LogP) is 2.51. The Labute approximate surface area is 104 Å². The molecule has 0 radical (unpaired) electrons. The van der Waals surface area contributed by atoms with Crippen LogP contribution in [-0.4, -0.2) is 35.2 Å². The van der Waals surface area contributed by atoms with E-state index in [1.54, 1.807) is 0 Å². The minimum absolute atomic E-state index is 0.176. The lowest BCUT2D eigenvalue weighted by atomic mass is 10.1. The molecule has 0 spiro atoms. The third-order valence-corrected chi connectivity index (χ3v) is 2.96. The fraction of sp³-hybridized carbons (Fsp3) is 0.923. The number of likely N-dealkylation sites (tertiary alicyclic amines) is 1. The first-order chi connectivity index (χ1) is 7.79. The number of hydrogen-bond acceptors (Lipinski definition) is 3. The Morgan fingerprint density at radius 1 is 1.53 bits per heavy atom. The van der Waals surface area contributed by atoms with Gasteiger partial charge in [-0.1, -0.05) is 0 Å².